The van der Waals surface area contributed by atoms with Crippen LogP contribution < -0.4 is 14.8 Å². The maximum absolute atomic E-state index is 12.1. The summed E-state index contributed by atoms with van der Waals surface area (Å²) in [5.41, 5.74) is 1.81. The van der Waals surface area contributed by atoms with Crippen LogP contribution >= 0.6 is 27.3 Å². The van der Waals surface area contributed by atoms with Gasteiger partial charge in [-0.05, 0) is 48.9 Å². The molecular weight excluding hydrogens is 428 g/mol. The Hall–Kier alpha value is -2.38. The van der Waals surface area contributed by atoms with E-state index in [9.17, 15) is 4.79 Å². The molecule has 1 amide bonds. The SMILES string of the molecule is COc1ccc(-c2csc(NC(=O)CCCOc3cccc(Br)c3)n2)cc1. The number of aromatic nitrogens is 1. The molecule has 0 atom stereocenters. The molecular formula is C20H19BrN2O3S. The van der Waals surface area contributed by atoms with Gasteiger partial charge in [0.25, 0.3) is 0 Å². The first kappa shape index (κ1) is 19.4. The summed E-state index contributed by atoms with van der Waals surface area (Å²) < 4.78 is 11.8. The average Bonchev–Trinajstić information content (AvgIpc) is 3.14. The molecule has 0 aliphatic carbocycles. The molecule has 0 saturated heterocycles. The van der Waals surface area contributed by atoms with E-state index >= 15 is 0 Å². The molecule has 0 bridgehead atoms. The number of anilines is 1. The number of halogens is 1. The van der Waals surface area contributed by atoms with Gasteiger partial charge in [-0.25, -0.2) is 4.98 Å². The fourth-order valence-electron chi connectivity index (χ4n) is 2.39. The first-order valence-corrected chi connectivity index (χ1v) is 10.1. The Morgan fingerprint density at radius 2 is 2.00 bits per heavy atom. The summed E-state index contributed by atoms with van der Waals surface area (Å²) in [7, 11) is 1.63. The van der Waals surface area contributed by atoms with Crippen LogP contribution in [0.2, 0.25) is 0 Å². The van der Waals surface area contributed by atoms with Gasteiger partial charge < -0.3 is 14.8 Å². The predicted octanol–water partition coefficient (Wildman–Crippen LogP) is 5.38. The largest absolute Gasteiger partial charge is 0.497 e. The van der Waals surface area contributed by atoms with E-state index in [2.05, 4.69) is 26.2 Å². The normalized spacial score (nSPS) is 10.4. The molecule has 0 aliphatic heterocycles. The van der Waals surface area contributed by atoms with Crippen molar-refractivity contribution in [1.29, 1.82) is 0 Å². The number of nitrogens with zero attached hydrogens (tertiary/aromatic N) is 1. The lowest BCUT2D eigenvalue weighted by molar-refractivity contribution is -0.116. The first-order chi connectivity index (χ1) is 13.1. The first-order valence-electron chi connectivity index (χ1n) is 8.42. The zero-order chi connectivity index (χ0) is 19.1. The van der Waals surface area contributed by atoms with E-state index in [-0.39, 0.29) is 5.91 Å². The summed E-state index contributed by atoms with van der Waals surface area (Å²) in [6, 6.07) is 15.3. The monoisotopic (exact) mass is 446 g/mol. The molecule has 0 spiro atoms. The number of thiazole rings is 1. The molecule has 7 heteroatoms. The summed E-state index contributed by atoms with van der Waals surface area (Å²) in [6.07, 6.45) is 1.01. The van der Waals surface area contributed by atoms with E-state index in [0.717, 1.165) is 27.2 Å². The Kier molecular flexibility index (Phi) is 6.84. The average molecular weight is 447 g/mol. The zero-order valence-electron chi connectivity index (χ0n) is 14.8. The molecule has 1 aromatic heterocycles. The standard InChI is InChI=1S/C20H19BrN2O3S/c1-25-16-9-7-14(8-10-16)18-13-27-20(22-18)23-19(24)6-3-11-26-17-5-2-4-15(21)12-17/h2,4-5,7-10,12-13H,3,6,11H2,1H3,(H,22,23,24). The molecule has 3 aromatic rings. The summed E-state index contributed by atoms with van der Waals surface area (Å²) in [6.45, 7) is 0.485. The number of hydrogen-bond donors (Lipinski definition) is 1. The number of nitrogens with one attached hydrogen (secondary N) is 1. The highest BCUT2D eigenvalue weighted by Gasteiger charge is 2.08. The van der Waals surface area contributed by atoms with Gasteiger partial charge in [-0.3, -0.25) is 4.79 Å². The third-order valence-electron chi connectivity index (χ3n) is 3.75. The minimum atomic E-state index is -0.0662. The van der Waals surface area contributed by atoms with Gasteiger partial charge in [0.2, 0.25) is 5.91 Å². The quantitative estimate of drug-likeness (QED) is 0.471. The Morgan fingerprint density at radius 1 is 1.19 bits per heavy atom. The van der Waals surface area contributed by atoms with Crippen molar-refractivity contribution in [3.63, 3.8) is 0 Å². The van der Waals surface area contributed by atoms with Crippen molar-refractivity contribution in [2.75, 3.05) is 19.0 Å². The Balaban J connectivity index is 1.44. The maximum atomic E-state index is 12.1. The second kappa shape index (κ2) is 9.53. The Bertz CT molecular complexity index is 896. The van der Waals surface area contributed by atoms with Crippen LogP contribution in [0.5, 0.6) is 11.5 Å². The second-order valence-electron chi connectivity index (χ2n) is 5.72. The van der Waals surface area contributed by atoms with Crippen LogP contribution in [0.15, 0.2) is 58.4 Å². The van der Waals surface area contributed by atoms with E-state index in [1.54, 1.807) is 7.11 Å². The van der Waals surface area contributed by atoms with Crippen molar-refractivity contribution in [3.05, 3.63) is 58.4 Å². The fourth-order valence-corrected chi connectivity index (χ4v) is 3.50. The minimum absolute atomic E-state index is 0.0662. The molecule has 5 nitrogen and oxygen atoms in total. The van der Waals surface area contributed by atoms with Crippen LogP contribution in [0.25, 0.3) is 11.3 Å². The van der Waals surface area contributed by atoms with Gasteiger partial charge >= 0.3 is 0 Å². The third kappa shape index (κ3) is 5.80. The number of hydrogen-bond acceptors (Lipinski definition) is 5. The lowest BCUT2D eigenvalue weighted by Gasteiger charge is -2.06. The molecule has 0 radical (unpaired) electrons. The number of ether oxygens (including phenoxy) is 2. The maximum Gasteiger partial charge on any atom is 0.226 e. The summed E-state index contributed by atoms with van der Waals surface area (Å²) in [5, 5.41) is 5.36. The summed E-state index contributed by atoms with van der Waals surface area (Å²) >= 11 is 4.81. The van der Waals surface area contributed by atoms with Gasteiger partial charge in [0.15, 0.2) is 5.13 Å². The third-order valence-corrected chi connectivity index (χ3v) is 5.00. The van der Waals surface area contributed by atoms with Crippen molar-refractivity contribution in [1.82, 2.24) is 4.98 Å². The van der Waals surface area contributed by atoms with Gasteiger partial charge in [-0.2, -0.15) is 0 Å². The van der Waals surface area contributed by atoms with Gasteiger partial charge in [-0.1, -0.05) is 22.0 Å². The summed E-state index contributed by atoms with van der Waals surface area (Å²) in [5.74, 6) is 1.52. The number of methoxy groups -OCH3 is 1. The lowest BCUT2D eigenvalue weighted by atomic mass is 10.2. The molecule has 0 fully saturated rings. The highest BCUT2D eigenvalue weighted by Crippen LogP contribution is 2.26. The summed E-state index contributed by atoms with van der Waals surface area (Å²) in [4.78, 5) is 16.6. The highest BCUT2D eigenvalue weighted by atomic mass is 79.9. The van der Waals surface area contributed by atoms with Crippen LogP contribution in [0, 0.1) is 0 Å². The highest BCUT2D eigenvalue weighted by molar-refractivity contribution is 9.10. The molecule has 27 heavy (non-hydrogen) atoms. The van der Waals surface area contributed by atoms with Crippen LogP contribution in [-0.4, -0.2) is 24.6 Å². The van der Waals surface area contributed by atoms with Crippen LogP contribution in [0.4, 0.5) is 5.13 Å². The van der Waals surface area contributed by atoms with Crippen LogP contribution in [0.3, 0.4) is 0 Å². The Morgan fingerprint density at radius 3 is 2.74 bits per heavy atom. The van der Waals surface area contributed by atoms with E-state index in [4.69, 9.17) is 9.47 Å². The van der Waals surface area contributed by atoms with Crippen molar-refractivity contribution >= 4 is 38.3 Å². The van der Waals surface area contributed by atoms with Crippen LogP contribution in [-0.2, 0) is 4.79 Å². The molecule has 140 valence electrons. The second-order valence-corrected chi connectivity index (χ2v) is 7.50. The minimum Gasteiger partial charge on any atom is -0.497 e. The molecule has 2 aromatic carbocycles. The van der Waals surface area contributed by atoms with Crippen molar-refractivity contribution in [2.24, 2.45) is 0 Å². The lowest BCUT2D eigenvalue weighted by Crippen LogP contribution is -2.12. The van der Waals surface area contributed by atoms with Crippen molar-refractivity contribution < 1.29 is 14.3 Å². The molecule has 3 rings (SSSR count). The predicted molar refractivity (Wildman–Crippen MR) is 112 cm³/mol. The number of carbonyl (C=O) groups excluding carboxylic acids is 1. The fraction of sp³-hybridized carbons (Fsp3) is 0.200. The number of benzene rings is 2. The molecule has 0 aliphatic rings. The number of rotatable bonds is 8. The molecule has 1 N–H and O–H groups in total. The van der Waals surface area contributed by atoms with Gasteiger partial charge in [0.1, 0.15) is 11.5 Å². The number of carbonyl (C=O) groups is 1. The van der Waals surface area contributed by atoms with Crippen molar-refractivity contribution in [2.45, 2.75) is 12.8 Å². The zero-order valence-corrected chi connectivity index (χ0v) is 17.2. The van der Waals surface area contributed by atoms with Gasteiger partial charge in [-0.15, -0.1) is 11.3 Å². The van der Waals surface area contributed by atoms with E-state index in [1.165, 1.54) is 11.3 Å². The van der Waals surface area contributed by atoms with Crippen molar-refractivity contribution in [3.8, 4) is 22.8 Å². The van der Waals surface area contributed by atoms with E-state index < -0.39 is 0 Å². The van der Waals surface area contributed by atoms with E-state index in [1.807, 2.05) is 53.9 Å². The van der Waals surface area contributed by atoms with E-state index in [0.29, 0.717) is 24.6 Å². The Labute approximate surface area is 170 Å². The molecule has 0 saturated carbocycles. The molecule has 0 unspecified atom stereocenters. The number of amides is 1. The van der Waals surface area contributed by atoms with Gasteiger partial charge in [0.05, 0.1) is 19.4 Å². The molecule has 1 heterocycles. The van der Waals surface area contributed by atoms with Gasteiger partial charge in [0, 0.05) is 21.8 Å². The smallest absolute Gasteiger partial charge is 0.226 e. The topological polar surface area (TPSA) is 60.5 Å². The van der Waals surface area contributed by atoms with Crippen LogP contribution in [0.1, 0.15) is 12.8 Å².